The molecule has 0 aliphatic carbocycles. The SMILES string of the molecule is Cc1ccc(OCCOCCC(C)C)c(CCN)c1. The highest BCUT2D eigenvalue weighted by Crippen LogP contribution is 2.20. The largest absolute Gasteiger partial charge is 0.491 e. The Balaban J connectivity index is 2.32. The first-order chi connectivity index (χ1) is 9.13. The molecule has 1 rings (SSSR count). The van der Waals surface area contributed by atoms with Crippen LogP contribution in [0.25, 0.3) is 0 Å². The van der Waals surface area contributed by atoms with Gasteiger partial charge >= 0.3 is 0 Å². The van der Waals surface area contributed by atoms with Gasteiger partial charge in [-0.3, -0.25) is 0 Å². The summed E-state index contributed by atoms with van der Waals surface area (Å²) >= 11 is 0. The van der Waals surface area contributed by atoms with E-state index < -0.39 is 0 Å². The van der Waals surface area contributed by atoms with Gasteiger partial charge in [-0.2, -0.15) is 0 Å². The van der Waals surface area contributed by atoms with Crippen LogP contribution in [0.1, 0.15) is 31.4 Å². The van der Waals surface area contributed by atoms with E-state index in [0.717, 1.165) is 25.2 Å². The molecule has 0 radical (unpaired) electrons. The van der Waals surface area contributed by atoms with E-state index in [1.807, 2.05) is 6.07 Å². The molecule has 3 heteroatoms. The van der Waals surface area contributed by atoms with Crippen molar-refractivity contribution in [1.29, 1.82) is 0 Å². The summed E-state index contributed by atoms with van der Waals surface area (Å²) in [6.07, 6.45) is 1.95. The maximum atomic E-state index is 5.77. The Hall–Kier alpha value is -1.06. The van der Waals surface area contributed by atoms with Crippen LogP contribution in [0, 0.1) is 12.8 Å². The van der Waals surface area contributed by atoms with E-state index in [1.54, 1.807) is 0 Å². The van der Waals surface area contributed by atoms with Gasteiger partial charge in [0.2, 0.25) is 0 Å². The molecule has 0 amide bonds. The maximum absolute atomic E-state index is 5.77. The second-order valence-corrected chi connectivity index (χ2v) is 5.29. The number of rotatable bonds is 9. The van der Waals surface area contributed by atoms with E-state index >= 15 is 0 Å². The Kier molecular flexibility index (Phi) is 7.53. The lowest BCUT2D eigenvalue weighted by atomic mass is 10.1. The number of benzene rings is 1. The minimum Gasteiger partial charge on any atom is -0.491 e. The van der Waals surface area contributed by atoms with E-state index in [9.17, 15) is 0 Å². The van der Waals surface area contributed by atoms with Crippen molar-refractivity contribution in [3.63, 3.8) is 0 Å². The molecule has 0 fully saturated rings. The van der Waals surface area contributed by atoms with Gasteiger partial charge in [0, 0.05) is 6.61 Å². The van der Waals surface area contributed by atoms with Crippen LogP contribution in [-0.4, -0.2) is 26.4 Å². The van der Waals surface area contributed by atoms with Crippen molar-refractivity contribution in [2.75, 3.05) is 26.4 Å². The van der Waals surface area contributed by atoms with Crippen molar-refractivity contribution >= 4 is 0 Å². The molecule has 0 spiro atoms. The van der Waals surface area contributed by atoms with Gasteiger partial charge in [-0.15, -0.1) is 0 Å². The molecule has 2 N–H and O–H groups in total. The molecule has 1 aromatic carbocycles. The van der Waals surface area contributed by atoms with E-state index in [-0.39, 0.29) is 0 Å². The minimum absolute atomic E-state index is 0.596. The third kappa shape index (κ3) is 6.60. The summed E-state index contributed by atoms with van der Waals surface area (Å²) in [5.74, 6) is 1.62. The van der Waals surface area contributed by atoms with Crippen LogP contribution in [0.5, 0.6) is 5.75 Å². The van der Waals surface area contributed by atoms with Gasteiger partial charge in [0.05, 0.1) is 6.61 Å². The molecule has 0 aliphatic heterocycles. The molecule has 19 heavy (non-hydrogen) atoms. The molecule has 0 saturated heterocycles. The standard InChI is InChI=1S/C16H27NO2/c1-13(2)7-9-18-10-11-19-16-5-4-14(3)12-15(16)6-8-17/h4-5,12-13H,6-11,17H2,1-3H3. The molecule has 108 valence electrons. The van der Waals surface area contributed by atoms with E-state index in [2.05, 4.69) is 32.9 Å². The first kappa shape index (κ1) is 16.0. The molecular formula is C16H27NO2. The summed E-state index contributed by atoms with van der Waals surface area (Å²) in [7, 11) is 0. The zero-order chi connectivity index (χ0) is 14.1. The first-order valence-electron chi connectivity index (χ1n) is 7.13. The van der Waals surface area contributed by atoms with Crippen LogP contribution >= 0.6 is 0 Å². The summed E-state index contributed by atoms with van der Waals surface area (Å²) in [6.45, 7) is 9.17. The van der Waals surface area contributed by atoms with Gasteiger partial charge in [-0.05, 0) is 43.9 Å². The molecule has 0 bridgehead atoms. The lowest BCUT2D eigenvalue weighted by molar-refractivity contribution is 0.0923. The Morgan fingerprint density at radius 2 is 1.95 bits per heavy atom. The van der Waals surface area contributed by atoms with Gasteiger partial charge in [-0.25, -0.2) is 0 Å². The second kappa shape index (κ2) is 8.94. The predicted molar refractivity (Wildman–Crippen MR) is 79.7 cm³/mol. The molecular weight excluding hydrogens is 238 g/mol. The number of hydrogen-bond donors (Lipinski definition) is 1. The highest BCUT2D eigenvalue weighted by atomic mass is 16.5. The first-order valence-corrected chi connectivity index (χ1v) is 7.13. The molecule has 0 saturated carbocycles. The summed E-state index contributed by atoms with van der Waals surface area (Å²) < 4.78 is 11.3. The van der Waals surface area contributed by atoms with Crippen LogP contribution < -0.4 is 10.5 Å². The van der Waals surface area contributed by atoms with E-state index in [0.29, 0.717) is 25.7 Å². The normalized spacial score (nSPS) is 11.0. The van der Waals surface area contributed by atoms with Gasteiger partial charge < -0.3 is 15.2 Å². The Bertz CT molecular complexity index is 364. The van der Waals surface area contributed by atoms with Crippen LogP contribution in [0.4, 0.5) is 0 Å². The Morgan fingerprint density at radius 1 is 1.16 bits per heavy atom. The van der Waals surface area contributed by atoms with E-state index in [1.165, 1.54) is 11.1 Å². The van der Waals surface area contributed by atoms with Crippen molar-refractivity contribution in [3.05, 3.63) is 29.3 Å². The number of nitrogens with two attached hydrogens (primary N) is 1. The summed E-state index contributed by atoms with van der Waals surface area (Å²) in [5.41, 5.74) is 8.05. The zero-order valence-corrected chi connectivity index (χ0v) is 12.4. The Morgan fingerprint density at radius 3 is 2.63 bits per heavy atom. The number of aryl methyl sites for hydroxylation is 1. The molecule has 3 nitrogen and oxygen atoms in total. The average molecular weight is 265 g/mol. The molecule has 0 unspecified atom stereocenters. The smallest absolute Gasteiger partial charge is 0.122 e. The quantitative estimate of drug-likeness (QED) is 0.698. The van der Waals surface area contributed by atoms with Gasteiger partial charge in [0.1, 0.15) is 12.4 Å². The highest BCUT2D eigenvalue weighted by molar-refractivity contribution is 5.37. The van der Waals surface area contributed by atoms with Gasteiger partial charge in [-0.1, -0.05) is 31.5 Å². The predicted octanol–water partition coefficient (Wildman–Crippen LogP) is 2.94. The summed E-state index contributed by atoms with van der Waals surface area (Å²) in [4.78, 5) is 0. The van der Waals surface area contributed by atoms with Crippen LogP contribution in [0.15, 0.2) is 18.2 Å². The Labute approximate surface area is 117 Å². The van der Waals surface area contributed by atoms with Gasteiger partial charge in [0.15, 0.2) is 0 Å². The molecule has 0 heterocycles. The van der Waals surface area contributed by atoms with Crippen molar-refractivity contribution in [1.82, 2.24) is 0 Å². The third-order valence-corrected chi connectivity index (χ3v) is 2.95. The van der Waals surface area contributed by atoms with Crippen molar-refractivity contribution in [2.24, 2.45) is 11.7 Å². The van der Waals surface area contributed by atoms with Crippen LogP contribution in [0.3, 0.4) is 0 Å². The highest BCUT2D eigenvalue weighted by Gasteiger charge is 2.03. The minimum atomic E-state index is 0.596. The topological polar surface area (TPSA) is 44.5 Å². The van der Waals surface area contributed by atoms with Crippen molar-refractivity contribution in [3.8, 4) is 5.75 Å². The fraction of sp³-hybridized carbons (Fsp3) is 0.625. The van der Waals surface area contributed by atoms with E-state index in [4.69, 9.17) is 15.2 Å². The lowest BCUT2D eigenvalue weighted by Gasteiger charge is -2.12. The third-order valence-electron chi connectivity index (χ3n) is 2.95. The number of ether oxygens (including phenoxy) is 2. The van der Waals surface area contributed by atoms with Crippen LogP contribution in [0.2, 0.25) is 0 Å². The van der Waals surface area contributed by atoms with Crippen molar-refractivity contribution in [2.45, 2.75) is 33.6 Å². The van der Waals surface area contributed by atoms with Gasteiger partial charge in [0.25, 0.3) is 0 Å². The zero-order valence-electron chi connectivity index (χ0n) is 12.4. The lowest BCUT2D eigenvalue weighted by Crippen LogP contribution is -2.11. The molecule has 0 aliphatic rings. The molecule has 0 atom stereocenters. The monoisotopic (exact) mass is 265 g/mol. The fourth-order valence-corrected chi connectivity index (χ4v) is 1.83. The maximum Gasteiger partial charge on any atom is 0.122 e. The average Bonchev–Trinajstić information content (AvgIpc) is 2.36. The summed E-state index contributed by atoms with van der Waals surface area (Å²) in [5, 5.41) is 0. The molecule has 1 aromatic rings. The molecule has 0 aromatic heterocycles. The number of hydrogen-bond acceptors (Lipinski definition) is 3. The van der Waals surface area contributed by atoms with Crippen LogP contribution in [-0.2, 0) is 11.2 Å². The summed E-state index contributed by atoms with van der Waals surface area (Å²) in [6, 6.07) is 6.23. The fourth-order valence-electron chi connectivity index (χ4n) is 1.83. The van der Waals surface area contributed by atoms with Crippen molar-refractivity contribution < 1.29 is 9.47 Å². The second-order valence-electron chi connectivity index (χ2n) is 5.29.